The summed E-state index contributed by atoms with van der Waals surface area (Å²) in [7, 11) is 0. The molecule has 0 radical (unpaired) electrons. The number of carbonyl (C=O) groups excluding carboxylic acids is 1. The number of aliphatic hydroxyl groups is 1. The van der Waals surface area contributed by atoms with Crippen molar-refractivity contribution in [3.63, 3.8) is 0 Å². The molecule has 4 nitrogen and oxygen atoms in total. The van der Waals surface area contributed by atoms with E-state index in [9.17, 15) is 9.90 Å². The molecule has 1 saturated carbocycles. The lowest BCUT2D eigenvalue weighted by Crippen LogP contribution is -2.54. The largest absolute Gasteiger partial charge is 0.388 e. The molecule has 2 rings (SSSR count). The van der Waals surface area contributed by atoms with E-state index in [1.165, 1.54) is 6.42 Å². The summed E-state index contributed by atoms with van der Waals surface area (Å²) in [6.07, 6.45) is 7.87. The van der Waals surface area contributed by atoms with Crippen LogP contribution in [0.25, 0.3) is 0 Å². The summed E-state index contributed by atoms with van der Waals surface area (Å²) in [4.78, 5) is 12.7. The number of nitrogens with one attached hydrogen (secondary N) is 2. The van der Waals surface area contributed by atoms with Crippen molar-refractivity contribution < 1.29 is 9.90 Å². The predicted molar refractivity (Wildman–Crippen MR) is 85.0 cm³/mol. The fourth-order valence-corrected chi connectivity index (χ4v) is 4.19. The summed E-state index contributed by atoms with van der Waals surface area (Å²) < 4.78 is 0. The van der Waals surface area contributed by atoms with Crippen LogP contribution in [0.2, 0.25) is 0 Å². The van der Waals surface area contributed by atoms with Crippen molar-refractivity contribution in [3.8, 4) is 0 Å². The normalized spacial score (nSPS) is 37.2. The molecule has 3 unspecified atom stereocenters. The minimum atomic E-state index is -0.692. The third-order valence-corrected chi connectivity index (χ3v) is 5.33. The number of rotatable bonds is 5. The quantitative estimate of drug-likeness (QED) is 0.729. The van der Waals surface area contributed by atoms with Crippen molar-refractivity contribution in [2.24, 2.45) is 11.3 Å². The molecule has 0 aromatic heterocycles. The topological polar surface area (TPSA) is 61.4 Å². The zero-order valence-electron chi connectivity index (χ0n) is 13.7. The summed E-state index contributed by atoms with van der Waals surface area (Å²) in [5, 5.41) is 17.1. The zero-order valence-corrected chi connectivity index (χ0v) is 13.7. The molecule has 2 aliphatic rings. The fraction of sp³-hybridized carbons (Fsp3) is 0.941. The summed E-state index contributed by atoms with van der Waals surface area (Å²) in [5.41, 5.74) is -0.952. The second-order valence-corrected chi connectivity index (χ2v) is 7.42. The van der Waals surface area contributed by atoms with Crippen LogP contribution in [0.15, 0.2) is 0 Å². The van der Waals surface area contributed by atoms with E-state index in [0.29, 0.717) is 12.5 Å². The second-order valence-electron chi connectivity index (χ2n) is 7.42. The minimum absolute atomic E-state index is 0.142. The molecule has 3 atom stereocenters. The van der Waals surface area contributed by atoms with Gasteiger partial charge in [0.25, 0.3) is 0 Å². The predicted octanol–water partition coefficient (Wildman–Crippen LogP) is 2.21. The standard InChI is InChI=1S/C17H32N2O2/c1-3-7-16(8-5-10-18-12-16)15(20)19-13-17(21)9-4-6-14(2)11-17/h14,18,21H,3-13H2,1-2H3,(H,19,20). The molecule has 21 heavy (non-hydrogen) atoms. The van der Waals surface area contributed by atoms with Gasteiger partial charge in [-0.1, -0.05) is 33.1 Å². The Morgan fingerprint density at radius 1 is 1.38 bits per heavy atom. The molecule has 0 aromatic rings. The lowest BCUT2D eigenvalue weighted by molar-refractivity contribution is -0.134. The van der Waals surface area contributed by atoms with E-state index in [4.69, 9.17) is 0 Å². The molecular weight excluding hydrogens is 264 g/mol. The van der Waals surface area contributed by atoms with Crippen molar-refractivity contribution >= 4 is 5.91 Å². The van der Waals surface area contributed by atoms with Gasteiger partial charge in [-0.15, -0.1) is 0 Å². The van der Waals surface area contributed by atoms with Crippen LogP contribution in [0, 0.1) is 11.3 Å². The lowest BCUT2D eigenvalue weighted by Gasteiger charge is -2.39. The van der Waals surface area contributed by atoms with Crippen molar-refractivity contribution in [1.82, 2.24) is 10.6 Å². The molecule has 0 aromatic carbocycles. The van der Waals surface area contributed by atoms with E-state index in [0.717, 1.165) is 58.0 Å². The van der Waals surface area contributed by atoms with Crippen LogP contribution in [0.4, 0.5) is 0 Å². The van der Waals surface area contributed by atoms with E-state index in [2.05, 4.69) is 24.5 Å². The number of amides is 1. The number of carbonyl (C=O) groups is 1. The summed E-state index contributed by atoms with van der Waals surface area (Å²) in [6, 6.07) is 0. The Morgan fingerprint density at radius 3 is 2.81 bits per heavy atom. The highest BCUT2D eigenvalue weighted by Gasteiger charge is 2.40. The number of piperidine rings is 1. The van der Waals surface area contributed by atoms with Crippen LogP contribution >= 0.6 is 0 Å². The molecule has 1 heterocycles. The first-order chi connectivity index (χ1) is 10.00. The van der Waals surface area contributed by atoms with Gasteiger partial charge in [-0.2, -0.15) is 0 Å². The van der Waals surface area contributed by atoms with Crippen LogP contribution in [0.1, 0.15) is 65.2 Å². The Hall–Kier alpha value is -0.610. The molecule has 0 bridgehead atoms. The van der Waals surface area contributed by atoms with Gasteiger partial charge in [0.2, 0.25) is 5.91 Å². The maximum absolute atomic E-state index is 12.7. The highest BCUT2D eigenvalue weighted by molar-refractivity contribution is 5.83. The van der Waals surface area contributed by atoms with Gasteiger partial charge in [0.1, 0.15) is 0 Å². The molecule has 4 heteroatoms. The Morgan fingerprint density at radius 2 is 2.19 bits per heavy atom. The van der Waals surface area contributed by atoms with E-state index in [1.54, 1.807) is 0 Å². The number of hydrogen-bond acceptors (Lipinski definition) is 3. The first-order valence-corrected chi connectivity index (χ1v) is 8.71. The van der Waals surface area contributed by atoms with Crippen LogP contribution in [0.5, 0.6) is 0 Å². The Balaban J connectivity index is 1.92. The van der Waals surface area contributed by atoms with Crippen molar-refractivity contribution in [3.05, 3.63) is 0 Å². The van der Waals surface area contributed by atoms with Crippen molar-refractivity contribution in [1.29, 1.82) is 0 Å². The van der Waals surface area contributed by atoms with E-state index in [-0.39, 0.29) is 11.3 Å². The highest BCUT2D eigenvalue weighted by Crippen LogP contribution is 2.34. The minimum Gasteiger partial charge on any atom is -0.388 e. The molecule has 122 valence electrons. The molecule has 3 N–H and O–H groups in total. The van der Waals surface area contributed by atoms with Gasteiger partial charge in [-0.05, 0) is 44.6 Å². The molecule has 1 aliphatic carbocycles. The first kappa shape index (κ1) is 16.8. The Kier molecular flexibility index (Phi) is 5.67. The second kappa shape index (κ2) is 7.10. The van der Waals surface area contributed by atoms with Crippen molar-refractivity contribution in [2.45, 2.75) is 70.8 Å². The van der Waals surface area contributed by atoms with Crippen molar-refractivity contribution in [2.75, 3.05) is 19.6 Å². The van der Waals surface area contributed by atoms with Gasteiger partial charge in [0.15, 0.2) is 0 Å². The van der Waals surface area contributed by atoms with Gasteiger partial charge in [0, 0.05) is 13.1 Å². The first-order valence-electron chi connectivity index (χ1n) is 8.71. The maximum atomic E-state index is 12.7. The molecule has 2 fully saturated rings. The molecule has 1 aliphatic heterocycles. The van der Waals surface area contributed by atoms with Gasteiger partial charge < -0.3 is 15.7 Å². The Labute approximate surface area is 129 Å². The van der Waals surface area contributed by atoms with Gasteiger partial charge in [-0.25, -0.2) is 0 Å². The van der Waals surface area contributed by atoms with Crippen LogP contribution in [-0.2, 0) is 4.79 Å². The summed E-state index contributed by atoms with van der Waals surface area (Å²) in [5.74, 6) is 0.699. The van der Waals surface area contributed by atoms with E-state index >= 15 is 0 Å². The van der Waals surface area contributed by atoms with Crippen LogP contribution in [0.3, 0.4) is 0 Å². The average Bonchev–Trinajstić information content (AvgIpc) is 2.46. The lowest BCUT2D eigenvalue weighted by atomic mass is 9.75. The monoisotopic (exact) mass is 296 g/mol. The van der Waals surface area contributed by atoms with Gasteiger partial charge >= 0.3 is 0 Å². The van der Waals surface area contributed by atoms with Gasteiger partial charge in [0.05, 0.1) is 11.0 Å². The smallest absolute Gasteiger partial charge is 0.227 e. The van der Waals surface area contributed by atoms with E-state index < -0.39 is 5.60 Å². The van der Waals surface area contributed by atoms with Crippen LogP contribution < -0.4 is 10.6 Å². The zero-order chi connectivity index (χ0) is 15.3. The maximum Gasteiger partial charge on any atom is 0.227 e. The van der Waals surface area contributed by atoms with E-state index in [1.807, 2.05) is 0 Å². The SMILES string of the molecule is CCCC1(C(=O)NCC2(O)CCCC(C)C2)CCCNC1. The Bertz CT molecular complexity index is 347. The third kappa shape index (κ3) is 4.19. The molecule has 1 saturated heterocycles. The summed E-state index contributed by atoms with van der Waals surface area (Å²) >= 11 is 0. The highest BCUT2D eigenvalue weighted by atomic mass is 16.3. The van der Waals surface area contributed by atoms with Gasteiger partial charge in [-0.3, -0.25) is 4.79 Å². The third-order valence-electron chi connectivity index (χ3n) is 5.33. The summed E-state index contributed by atoms with van der Waals surface area (Å²) in [6.45, 7) is 6.54. The average molecular weight is 296 g/mol. The fourth-order valence-electron chi connectivity index (χ4n) is 4.19. The molecule has 0 spiro atoms. The molecular formula is C17H32N2O2. The number of hydrogen-bond donors (Lipinski definition) is 3. The van der Waals surface area contributed by atoms with Crippen LogP contribution in [-0.4, -0.2) is 36.2 Å². The molecule has 1 amide bonds.